The van der Waals surface area contributed by atoms with Crippen LogP contribution in [0.4, 0.5) is 5.82 Å². The molecule has 0 amide bonds. The molecule has 0 radical (unpaired) electrons. The molecule has 1 heterocycles. The second-order valence-electron chi connectivity index (χ2n) is 1.95. The molecule has 0 spiro atoms. The molecule has 2 N–H and O–H groups in total. The van der Waals surface area contributed by atoms with Crippen molar-refractivity contribution in [2.75, 3.05) is 6.61 Å². The third kappa shape index (κ3) is 1.74. The molecule has 0 aliphatic carbocycles. The number of aromatic amines is 1. The van der Waals surface area contributed by atoms with Gasteiger partial charge in [-0.3, -0.25) is 0 Å². The first-order valence-corrected chi connectivity index (χ1v) is 3.03. The van der Waals surface area contributed by atoms with E-state index in [9.17, 15) is 10.1 Å². The van der Waals surface area contributed by atoms with Gasteiger partial charge >= 0.3 is 5.82 Å². The molecule has 0 bridgehead atoms. The van der Waals surface area contributed by atoms with E-state index in [0.717, 1.165) is 6.20 Å². The predicted molar refractivity (Wildman–Crippen MR) is 36.0 cm³/mol. The number of aliphatic hydroxyl groups is 1. The van der Waals surface area contributed by atoms with Gasteiger partial charge in [0.15, 0.2) is 5.82 Å². The van der Waals surface area contributed by atoms with Crippen LogP contribution >= 0.6 is 0 Å². The first-order valence-electron chi connectivity index (χ1n) is 3.03. The minimum absolute atomic E-state index is 0.0648. The van der Waals surface area contributed by atoms with Crippen molar-refractivity contribution in [3.05, 3.63) is 22.1 Å². The molecule has 0 aliphatic rings. The third-order valence-electron chi connectivity index (χ3n) is 1.16. The van der Waals surface area contributed by atoms with Crippen molar-refractivity contribution >= 4 is 5.82 Å². The Morgan fingerprint density at radius 3 is 3.00 bits per heavy atom. The molecule has 0 unspecified atom stereocenters. The lowest BCUT2D eigenvalue weighted by atomic mass is 10.4. The molecule has 60 valence electrons. The van der Waals surface area contributed by atoms with E-state index in [-0.39, 0.29) is 12.4 Å². The highest BCUT2D eigenvalue weighted by molar-refractivity contribution is 5.14. The number of hydrogen-bond acceptors (Lipinski definition) is 4. The number of rotatable bonds is 3. The Bertz CT molecular complexity index is 257. The van der Waals surface area contributed by atoms with Crippen molar-refractivity contribution in [2.45, 2.75) is 6.42 Å². The van der Waals surface area contributed by atoms with Crippen LogP contribution in [-0.2, 0) is 6.42 Å². The van der Waals surface area contributed by atoms with E-state index in [1.807, 2.05) is 0 Å². The van der Waals surface area contributed by atoms with Crippen molar-refractivity contribution in [3.8, 4) is 0 Å². The first-order chi connectivity index (χ1) is 5.24. The average Bonchev–Trinajstić information content (AvgIpc) is 2.37. The van der Waals surface area contributed by atoms with Crippen LogP contribution < -0.4 is 0 Å². The summed E-state index contributed by atoms with van der Waals surface area (Å²) in [6.07, 6.45) is 1.44. The number of nitro groups is 1. The molecular weight excluding hydrogens is 150 g/mol. The van der Waals surface area contributed by atoms with Gasteiger partial charge in [-0.25, -0.2) is 9.97 Å². The molecule has 6 nitrogen and oxygen atoms in total. The molecule has 1 rings (SSSR count). The van der Waals surface area contributed by atoms with Gasteiger partial charge in [-0.05, 0) is 4.92 Å². The van der Waals surface area contributed by atoms with E-state index in [4.69, 9.17) is 5.11 Å². The molecule has 1 aromatic rings. The number of nitrogens with one attached hydrogen (secondary N) is 1. The second-order valence-corrected chi connectivity index (χ2v) is 1.95. The fraction of sp³-hybridized carbons (Fsp3) is 0.400. The number of aliphatic hydroxyl groups excluding tert-OH is 1. The van der Waals surface area contributed by atoms with Gasteiger partial charge in [0.25, 0.3) is 0 Å². The zero-order valence-corrected chi connectivity index (χ0v) is 5.65. The number of nitrogens with zero attached hydrogens (tertiary/aromatic N) is 2. The van der Waals surface area contributed by atoms with Crippen molar-refractivity contribution in [3.63, 3.8) is 0 Å². The average molecular weight is 157 g/mol. The Morgan fingerprint density at radius 2 is 2.55 bits per heavy atom. The van der Waals surface area contributed by atoms with Crippen LogP contribution in [0, 0.1) is 10.1 Å². The van der Waals surface area contributed by atoms with Crippen LogP contribution in [0.3, 0.4) is 0 Å². The van der Waals surface area contributed by atoms with Crippen LogP contribution in [0.25, 0.3) is 0 Å². The predicted octanol–water partition coefficient (Wildman–Crippen LogP) is -0.147. The number of hydrogen-bond donors (Lipinski definition) is 2. The lowest BCUT2D eigenvalue weighted by molar-refractivity contribution is -0.389. The zero-order valence-electron chi connectivity index (χ0n) is 5.65. The third-order valence-corrected chi connectivity index (χ3v) is 1.16. The maximum atomic E-state index is 10.1. The molecular formula is C5H7N3O3. The maximum absolute atomic E-state index is 10.1. The number of imidazole rings is 1. The molecule has 0 saturated heterocycles. The summed E-state index contributed by atoms with van der Waals surface area (Å²) in [7, 11) is 0. The molecule has 0 aromatic carbocycles. The minimum Gasteiger partial charge on any atom is -0.396 e. The Morgan fingerprint density at radius 1 is 1.82 bits per heavy atom. The zero-order chi connectivity index (χ0) is 8.27. The van der Waals surface area contributed by atoms with Crippen molar-refractivity contribution in [1.29, 1.82) is 0 Å². The number of H-pyrrole nitrogens is 1. The molecule has 0 saturated carbocycles. The Hall–Kier alpha value is -1.43. The van der Waals surface area contributed by atoms with E-state index in [0.29, 0.717) is 12.2 Å². The molecule has 0 atom stereocenters. The molecule has 1 aromatic heterocycles. The van der Waals surface area contributed by atoms with E-state index in [1.165, 1.54) is 0 Å². The van der Waals surface area contributed by atoms with Gasteiger partial charge in [-0.15, -0.1) is 0 Å². The Balaban J connectivity index is 2.73. The van der Waals surface area contributed by atoms with E-state index in [2.05, 4.69) is 9.97 Å². The summed E-state index contributed by atoms with van der Waals surface area (Å²) in [4.78, 5) is 15.6. The van der Waals surface area contributed by atoms with Gasteiger partial charge in [0, 0.05) is 0 Å². The van der Waals surface area contributed by atoms with E-state index < -0.39 is 4.92 Å². The van der Waals surface area contributed by atoms with Crippen LogP contribution in [-0.4, -0.2) is 26.6 Å². The summed E-state index contributed by atoms with van der Waals surface area (Å²) in [6, 6.07) is 0. The molecule has 0 aliphatic heterocycles. The minimum atomic E-state index is -0.562. The summed E-state index contributed by atoms with van der Waals surface area (Å²) in [5.41, 5.74) is 0. The highest BCUT2D eigenvalue weighted by Crippen LogP contribution is 2.05. The van der Waals surface area contributed by atoms with Crippen LogP contribution in [0.5, 0.6) is 0 Å². The van der Waals surface area contributed by atoms with Gasteiger partial charge in [0.2, 0.25) is 0 Å². The summed E-state index contributed by atoms with van der Waals surface area (Å²) in [6.45, 7) is -0.0648. The highest BCUT2D eigenvalue weighted by atomic mass is 16.6. The van der Waals surface area contributed by atoms with Crippen molar-refractivity contribution < 1.29 is 10.0 Å². The Labute approximate surface area is 62.0 Å². The van der Waals surface area contributed by atoms with Gasteiger partial charge < -0.3 is 15.2 Å². The monoisotopic (exact) mass is 157 g/mol. The fourth-order valence-corrected chi connectivity index (χ4v) is 0.677. The van der Waals surface area contributed by atoms with Gasteiger partial charge in [0.05, 0.1) is 13.0 Å². The normalized spacial score (nSPS) is 9.91. The molecule has 11 heavy (non-hydrogen) atoms. The van der Waals surface area contributed by atoms with E-state index in [1.54, 1.807) is 0 Å². The van der Waals surface area contributed by atoms with Crippen molar-refractivity contribution in [1.82, 2.24) is 9.97 Å². The quantitative estimate of drug-likeness (QED) is 0.471. The van der Waals surface area contributed by atoms with Crippen molar-refractivity contribution in [2.24, 2.45) is 0 Å². The van der Waals surface area contributed by atoms with Gasteiger partial charge in [0.1, 0.15) is 6.20 Å². The summed E-state index contributed by atoms with van der Waals surface area (Å²) < 4.78 is 0. The number of aromatic nitrogens is 2. The lowest BCUT2D eigenvalue weighted by Gasteiger charge is -1.86. The summed E-state index contributed by atoms with van der Waals surface area (Å²) in [5.74, 6) is 0.285. The topological polar surface area (TPSA) is 92.1 Å². The lowest BCUT2D eigenvalue weighted by Crippen LogP contribution is -1.93. The fourth-order valence-electron chi connectivity index (χ4n) is 0.677. The van der Waals surface area contributed by atoms with Crippen LogP contribution in [0.2, 0.25) is 0 Å². The Kier molecular flexibility index (Phi) is 2.17. The smallest absolute Gasteiger partial charge is 0.340 e. The molecule has 0 fully saturated rings. The van der Waals surface area contributed by atoms with Gasteiger partial charge in [-0.1, -0.05) is 0 Å². The van der Waals surface area contributed by atoms with Gasteiger partial charge in [-0.2, -0.15) is 0 Å². The largest absolute Gasteiger partial charge is 0.396 e. The second kappa shape index (κ2) is 3.11. The maximum Gasteiger partial charge on any atom is 0.340 e. The highest BCUT2D eigenvalue weighted by Gasteiger charge is 2.08. The summed E-state index contributed by atoms with van der Waals surface area (Å²) in [5, 5.41) is 18.5. The van der Waals surface area contributed by atoms with Crippen LogP contribution in [0.1, 0.15) is 5.82 Å². The van der Waals surface area contributed by atoms with Crippen LogP contribution in [0.15, 0.2) is 6.20 Å². The first kappa shape index (κ1) is 7.67. The van der Waals surface area contributed by atoms with E-state index >= 15 is 0 Å². The SMILES string of the molecule is O=[N+]([O-])c1cnc(CCO)[nH]1. The summed E-state index contributed by atoms with van der Waals surface area (Å²) >= 11 is 0. The molecule has 6 heteroatoms. The standard InChI is InChI=1S/C5H7N3O3/c9-2-1-4-6-3-5(7-4)8(10)11/h3,9H,1-2H2,(H,6,7).